The van der Waals surface area contributed by atoms with Gasteiger partial charge in [0.05, 0.1) is 26.1 Å². The van der Waals surface area contributed by atoms with Crippen molar-refractivity contribution in [2.24, 2.45) is 5.10 Å². The van der Waals surface area contributed by atoms with Crippen LogP contribution in [-0.2, 0) is 4.74 Å². The van der Waals surface area contributed by atoms with Crippen LogP contribution in [0, 0.1) is 0 Å². The third-order valence-corrected chi connectivity index (χ3v) is 4.75. The fraction of sp³-hybridized carbons (Fsp3) is 0.261. The van der Waals surface area contributed by atoms with Crippen molar-refractivity contribution in [1.29, 1.82) is 0 Å². The number of ether oxygens (including phenoxy) is 4. The zero-order valence-electron chi connectivity index (χ0n) is 18.5. The fourth-order valence-corrected chi connectivity index (χ4v) is 3.33. The molecular weight excluding hydrogens is 430 g/mol. The summed E-state index contributed by atoms with van der Waals surface area (Å²) >= 11 is 1.45. The molecule has 0 saturated carbocycles. The first-order chi connectivity index (χ1) is 15.3. The Morgan fingerprint density at radius 3 is 2.34 bits per heavy atom. The SMILES string of the molecule is COc1cc(C=NNc2nc(-c3ccccc3)cs2)cc(OC)c1OC(=O)OC(C)(C)C. The first-order valence-electron chi connectivity index (χ1n) is 9.76. The van der Waals surface area contributed by atoms with Gasteiger partial charge in [-0.05, 0) is 32.9 Å². The summed E-state index contributed by atoms with van der Waals surface area (Å²) in [6.07, 6.45) is 0.737. The van der Waals surface area contributed by atoms with Gasteiger partial charge in [0.1, 0.15) is 5.60 Å². The Bertz CT molecular complexity index is 1070. The molecular formula is C23H25N3O5S. The van der Waals surface area contributed by atoms with E-state index in [2.05, 4.69) is 15.5 Å². The van der Waals surface area contributed by atoms with Gasteiger partial charge in [-0.15, -0.1) is 11.3 Å². The number of benzene rings is 2. The second-order valence-electron chi connectivity index (χ2n) is 7.59. The highest BCUT2D eigenvalue weighted by Gasteiger charge is 2.22. The highest BCUT2D eigenvalue weighted by atomic mass is 32.1. The quantitative estimate of drug-likeness (QED) is 0.215. The van der Waals surface area contributed by atoms with Crippen LogP contribution < -0.4 is 19.6 Å². The number of aromatic nitrogens is 1. The molecule has 0 fully saturated rings. The van der Waals surface area contributed by atoms with Gasteiger partial charge < -0.3 is 18.9 Å². The summed E-state index contributed by atoms with van der Waals surface area (Å²) in [5.74, 6) is 0.733. The van der Waals surface area contributed by atoms with Crippen LogP contribution in [0.5, 0.6) is 17.2 Å². The van der Waals surface area contributed by atoms with Crippen LogP contribution in [0.4, 0.5) is 9.93 Å². The fourth-order valence-electron chi connectivity index (χ4n) is 2.66. The summed E-state index contributed by atoms with van der Waals surface area (Å²) in [6.45, 7) is 5.25. The Hall–Kier alpha value is -3.59. The molecule has 0 bridgehead atoms. The first kappa shape index (κ1) is 23.1. The number of hydrogen-bond donors (Lipinski definition) is 1. The van der Waals surface area contributed by atoms with Crippen molar-refractivity contribution in [3.63, 3.8) is 0 Å². The minimum Gasteiger partial charge on any atom is -0.493 e. The number of nitrogens with one attached hydrogen (secondary N) is 1. The van der Waals surface area contributed by atoms with Crippen molar-refractivity contribution in [1.82, 2.24) is 4.98 Å². The highest BCUT2D eigenvalue weighted by molar-refractivity contribution is 7.14. The number of anilines is 1. The Balaban J connectivity index is 1.73. The summed E-state index contributed by atoms with van der Waals surface area (Å²) in [7, 11) is 2.94. The minimum absolute atomic E-state index is 0.127. The van der Waals surface area contributed by atoms with E-state index in [9.17, 15) is 4.79 Å². The van der Waals surface area contributed by atoms with Gasteiger partial charge in [-0.1, -0.05) is 30.3 Å². The standard InChI is InChI=1S/C23H25N3O5S/c1-23(2,3)31-22(27)30-20-18(28-4)11-15(12-19(20)29-5)13-24-26-21-25-17(14-32-21)16-9-7-6-8-10-16/h6-14H,1-5H3,(H,25,26). The molecule has 0 radical (unpaired) electrons. The number of rotatable bonds is 7. The third-order valence-electron chi connectivity index (χ3n) is 4.01. The topological polar surface area (TPSA) is 91.3 Å². The number of thiazole rings is 1. The molecule has 0 aliphatic rings. The van der Waals surface area contributed by atoms with Crippen LogP contribution in [0.1, 0.15) is 26.3 Å². The zero-order valence-corrected chi connectivity index (χ0v) is 19.4. The molecule has 0 atom stereocenters. The molecule has 0 saturated heterocycles. The first-order valence-corrected chi connectivity index (χ1v) is 10.6. The molecule has 0 amide bonds. The van der Waals surface area contributed by atoms with Gasteiger partial charge in [0.15, 0.2) is 11.5 Å². The van der Waals surface area contributed by atoms with Crippen molar-refractivity contribution in [3.8, 4) is 28.5 Å². The second-order valence-corrected chi connectivity index (χ2v) is 8.45. The van der Waals surface area contributed by atoms with E-state index in [1.54, 1.807) is 39.1 Å². The molecule has 168 valence electrons. The molecule has 9 heteroatoms. The van der Waals surface area contributed by atoms with Gasteiger partial charge in [-0.3, -0.25) is 5.43 Å². The number of hydrazone groups is 1. The van der Waals surface area contributed by atoms with E-state index in [4.69, 9.17) is 18.9 Å². The molecule has 0 unspecified atom stereocenters. The van der Waals surface area contributed by atoms with Gasteiger partial charge in [-0.2, -0.15) is 5.10 Å². The minimum atomic E-state index is -0.852. The maximum atomic E-state index is 12.1. The number of hydrogen-bond acceptors (Lipinski definition) is 9. The van der Waals surface area contributed by atoms with E-state index in [0.717, 1.165) is 11.3 Å². The molecule has 3 aromatic rings. The maximum Gasteiger partial charge on any atom is 0.514 e. The van der Waals surface area contributed by atoms with Gasteiger partial charge in [0.25, 0.3) is 0 Å². The van der Waals surface area contributed by atoms with Gasteiger partial charge in [0.2, 0.25) is 10.9 Å². The number of methoxy groups -OCH3 is 2. The number of carbonyl (C=O) groups excluding carboxylic acids is 1. The van der Waals surface area contributed by atoms with Crippen molar-refractivity contribution in [2.75, 3.05) is 19.6 Å². The molecule has 3 rings (SSSR count). The van der Waals surface area contributed by atoms with Crippen molar-refractivity contribution in [3.05, 3.63) is 53.4 Å². The lowest BCUT2D eigenvalue weighted by Gasteiger charge is -2.20. The predicted molar refractivity (Wildman–Crippen MR) is 125 cm³/mol. The largest absolute Gasteiger partial charge is 0.514 e. The van der Waals surface area contributed by atoms with Crippen LogP contribution in [0.25, 0.3) is 11.3 Å². The molecule has 0 spiro atoms. The zero-order chi connectivity index (χ0) is 23.1. The van der Waals surface area contributed by atoms with Crippen LogP contribution in [0.3, 0.4) is 0 Å². The third kappa shape index (κ3) is 6.21. The van der Waals surface area contributed by atoms with Gasteiger partial charge in [0, 0.05) is 16.5 Å². The number of nitrogens with zero attached hydrogens (tertiary/aromatic N) is 2. The average molecular weight is 456 g/mol. The Morgan fingerprint density at radius 1 is 1.09 bits per heavy atom. The monoisotopic (exact) mass is 455 g/mol. The van der Waals surface area contributed by atoms with E-state index >= 15 is 0 Å². The molecule has 0 aliphatic carbocycles. The lowest BCUT2D eigenvalue weighted by Crippen LogP contribution is -2.26. The molecule has 1 heterocycles. The highest BCUT2D eigenvalue weighted by Crippen LogP contribution is 2.38. The Kier molecular flexibility index (Phi) is 7.32. The summed E-state index contributed by atoms with van der Waals surface area (Å²) in [6, 6.07) is 13.2. The van der Waals surface area contributed by atoms with Crippen LogP contribution in [0.2, 0.25) is 0 Å². The second kappa shape index (κ2) is 10.1. The molecule has 2 aromatic carbocycles. The predicted octanol–water partition coefficient (Wildman–Crippen LogP) is 5.59. The maximum absolute atomic E-state index is 12.1. The smallest absolute Gasteiger partial charge is 0.493 e. The van der Waals surface area contributed by atoms with Crippen molar-refractivity contribution < 1.29 is 23.7 Å². The van der Waals surface area contributed by atoms with E-state index < -0.39 is 11.8 Å². The van der Waals surface area contributed by atoms with Crippen molar-refractivity contribution >= 4 is 28.8 Å². The van der Waals surface area contributed by atoms with E-state index in [0.29, 0.717) is 22.2 Å². The Labute approximate surface area is 190 Å². The van der Waals surface area contributed by atoms with Gasteiger partial charge in [-0.25, -0.2) is 9.78 Å². The average Bonchev–Trinajstić information content (AvgIpc) is 3.22. The molecule has 1 aromatic heterocycles. The molecule has 8 nitrogen and oxygen atoms in total. The lowest BCUT2D eigenvalue weighted by molar-refractivity contribution is 0.0195. The van der Waals surface area contributed by atoms with E-state index in [1.807, 2.05) is 35.7 Å². The Morgan fingerprint density at radius 2 is 1.75 bits per heavy atom. The van der Waals surface area contributed by atoms with Crippen LogP contribution in [0.15, 0.2) is 52.9 Å². The summed E-state index contributed by atoms with van der Waals surface area (Å²) in [5.41, 5.74) is 4.81. The molecule has 0 aliphatic heterocycles. The normalized spacial score (nSPS) is 11.3. The van der Waals surface area contributed by atoms with Crippen molar-refractivity contribution in [2.45, 2.75) is 26.4 Å². The van der Waals surface area contributed by atoms with Crippen LogP contribution in [-0.4, -0.2) is 37.2 Å². The van der Waals surface area contributed by atoms with E-state index in [-0.39, 0.29) is 5.75 Å². The molecule has 32 heavy (non-hydrogen) atoms. The van der Waals surface area contributed by atoms with Crippen LogP contribution >= 0.6 is 11.3 Å². The summed E-state index contributed by atoms with van der Waals surface area (Å²) < 4.78 is 21.3. The lowest BCUT2D eigenvalue weighted by atomic mass is 10.2. The summed E-state index contributed by atoms with van der Waals surface area (Å²) in [4.78, 5) is 16.6. The number of carbonyl (C=O) groups is 1. The summed E-state index contributed by atoms with van der Waals surface area (Å²) in [5, 5.41) is 6.85. The molecule has 1 N–H and O–H groups in total. The van der Waals surface area contributed by atoms with E-state index in [1.165, 1.54) is 25.6 Å². The van der Waals surface area contributed by atoms with Gasteiger partial charge >= 0.3 is 6.16 Å².